The molecular formula is C26H31ClN2O6S. The molecule has 36 heavy (non-hydrogen) atoms. The number of ether oxygens (including phenoxy) is 2. The molecule has 0 aliphatic carbocycles. The summed E-state index contributed by atoms with van der Waals surface area (Å²) in [4.78, 5) is 0. The van der Waals surface area contributed by atoms with Crippen LogP contribution < -0.4 is 19.5 Å². The molecule has 0 aromatic heterocycles. The number of aliphatic hydroxyl groups is 1. The van der Waals surface area contributed by atoms with Crippen LogP contribution in [0.2, 0.25) is 5.02 Å². The van der Waals surface area contributed by atoms with Gasteiger partial charge < -0.3 is 25.0 Å². The van der Waals surface area contributed by atoms with Crippen LogP contribution in [0.4, 0.5) is 5.69 Å². The first-order valence-corrected chi connectivity index (χ1v) is 13.5. The zero-order chi connectivity index (χ0) is 26.3. The molecule has 0 heterocycles. The monoisotopic (exact) mass is 534 g/mol. The van der Waals surface area contributed by atoms with Gasteiger partial charge in [-0.2, -0.15) is 0 Å². The fraction of sp³-hybridized carbons (Fsp3) is 0.308. The smallest absolute Gasteiger partial charge is 0.229 e. The van der Waals surface area contributed by atoms with Gasteiger partial charge in [0.1, 0.15) is 5.75 Å². The first kappa shape index (κ1) is 27.6. The Bertz CT molecular complexity index is 1270. The number of phenolic OH excluding ortho intramolecular Hbond substituents is 1. The van der Waals surface area contributed by atoms with Crippen LogP contribution in [0.5, 0.6) is 17.2 Å². The molecule has 0 aliphatic rings. The van der Waals surface area contributed by atoms with Crippen LogP contribution in [-0.4, -0.2) is 51.8 Å². The summed E-state index contributed by atoms with van der Waals surface area (Å²) in [6.07, 6.45) is 1.13. The number of hydrogen-bond donors (Lipinski definition) is 4. The Kier molecular flexibility index (Phi) is 9.44. The summed E-state index contributed by atoms with van der Waals surface area (Å²) >= 11 is 6.04. The molecule has 0 spiro atoms. The van der Waals surface area contributed by atoms with Gasteiger partial charge in [-0.15, -0.1) is 0 Å². The van der Waals surface area contributed by atoms with Crippen molar-refractivity contribution in [1.29, 1.82) is 0 Å². The molecule has 0 saturated heterocycles. The summed E-state index contributed by atoms with van der Waals surface area (Å²) in [6.45, 7) is 0.266. The quantitative estimate of drug-likeness (QED) is 0.260. The standard InChI is InChI=1S/C26H31ClN2O6S/c1-34-25-11-7-19(15-26(25)35-2)22(13-17-4-8-20(27)9-5-17)28-16-21(30)12-18-6-10-24(31)23(14-18)29-36(3,32)33/h4-11,14-15,21-22,28-31H,12-13,16H2,1-3H3/t21-,22+/m0/s1. The minimum absolute atomic E-state index is 0.0705. The van der Waals surface area contributed by atoms with Crippen LogP contribution in [0, 0.1) is 0 Å². The largest absolute Gasteiger partial charge is 0.506 e. The van der Waals surface area contributed by atoms with Gasteiger partial charge in [0.05, 0.1) is 32.3 Å². The molecule has 2 atom stereocenters. The van der Waals surface area contributed by atoms with E-state index in [1.54, 1.807) is 20.3 Å². The molecule has 0 bridgehead atoms. The van der Waals surface area contributed by atoms with E-state index in [0.29, 0.717) is 28.5 Å². The summed E-state index contributed by atoms with van der Waals surface area (Å²) < 4.78 is 36.2. The summed E-state index contributed by atoms with van der Waals surface area (Å²) in [5.41, 5.74) is 2.77. The van der Waals surface area contributed by atoms with E-state index in [9.17, 15) is 18.6 Å². The summed E-state index contributed by atoms with van der Waals surface area (Å²) in [5, 5.41) is 24.8. The van der Waals surface area contributed by atoms with E-state index in [1.165, 1.54) is 12.1 Å². The Morgan fingerprint density at radius 3 is 2.22 bits per heavy atom. The Morgan fingerprint density at radius 2 is 1.58 bits per heavy atom. The number of hydrogen-bond acceptors (Lipinski definition) is 7. The van der Waals surface area contributed by atoms with Crippen LogP contribution in [0.15, 0.2) is 60.7 Å². The highest BCUT2D eigenvalue weighted by molar-refractivity contribution is 7.92. The fourth-order valence-corrected chi connectivity index (χ4v) is 4.54. The maximum Gasteiger partial charge on any atom is 0.229 e. The molecule has 0 saturated carbocycles. The van der Waals surface area contributed by atoms with Crippen molar-refractivity contribution in [1.82, 2.24) is 5.32 Å². The van der Waals surface area contributed by atoms with Crippen molar-refractivity contribution in [3.8, 4) is 17.2 Å². The minimum Gasteiger partial charge on any atom is -0.506 e. The lowest BCUT2D eigenvalue weighted by Gasteiger charge is -2.23. The van der Waals surface area contributed by atoms with Gasteiger partial charge in [0.2, 0.25) is 10.0 Å². The van der Waals surface area contributed by atoms with Crippen LogP contribution in [0.3, 0.4) is 0 Å². The molecule has 3 aromatic carbocycles. The number of aliphatic hydroxyl groups excluding tert-OH is 1. The second kappa shape index (κ2) is 12.3. The Morgan fingerprint density at radius 1 is 0.917 bits per heavy atom. The molecule has 0 radical (unpaired) electrons. The predicted molar refractivity (Wildman–Crippen MR) is 142 cm³/mol. The van der Waals surface area contributed by atoms with Crippen LogP contribution in [0.25, 0.3) is 0 Å². The van der Waals surface area contributed by atoms with Crippen LogP contribution >= 0.6 is 11.6 Å². The molecule has 4 N–H and O–H groups in total. The summed E-state index contributed by atoms with van der Waals surface area (Å²) in [7, 11) is -0.391. The van der Waals surface area contributed by atoms with Crippen molar-refractivity contribution in [2.75, 3.05) is 31.7 Å². The number of anilines is 1. The molecule has 0 fully saturated rings. The third-order valence-corrected chi connectivity index (χ3v) is 6.43. The van der Waals surface area contributed by atoms with Crippen molar-refractivity contribution in [2.45, 2.75) is 25.0 Å². The van der Waals surface area contributed by atoms with Gasteiger partial charge in [-0.25, -0.2) is 8.42 Å². The van der Waals surface area contributed by atoms with E-state index in [4.69, 9.17) is 21.1 Å². The van der Waals surface area contributed by atoms with E-state index in [-0.39, 0.29) is 30.4 Å². The van der Waals surface area contributed by atoms with Crippen molar-refractivity contribution < 1.29 is 28.1 Å². The lowest BCUT2D eigenvalue weighted by Crippen LogP contribution is -2.32. The number of phenols is 1. The maximum absolute atomic E-state index is 11.5. The number of sulfonamides is 1. The maximum atomic E-state index is 11.5. The molecule has 3 rings (SSSR count). The second-order valence-corrected chi connectivity index (χ2v) is 10.7. The molecule has 0 unspecified atom stereocenters. The fourth-order valence-electron chi connectivity index (χ4n) is 3.85. The number of aromatic hydroxyl groups is 1. The van der Waals surface area contributed by atoms with Crippen molar-refractivity contribution in [2.24, 2.45) is 0 Å². The van der Waals surface area contributed by atoms with Gasteiger partial charge in [-0.05, 0) is 65.9 Å². The first-order chi connectivity index (χ1) is 17.1. The predicted octanol–water partition coefficient (Wildman–Crippen LogP) is 3.91. The van der Waals surface area contributed by atoms with E-state index in [0.717, 1.165) is 17.4 Å². The van der Waals surface area contributed by atoms with E-state index >= 15 is 0 Å². The number of rotatable bonds is 12. The van der Waals surface area contributed by atoms with E-state index < -0.39 is 16.1 Å². The lowest BCUT2D eigenvalue weighted by atomic mass is 9.97. The minimum atomic E-state index is -3.55. The highest BCUT2D eigenvalue weighted by atomic mass is 35.5. The van der Waals surface area contributed by atoms with Gasteiger partial charge in [-0.3, -0.25) is 4.72 Å². The van der Waals surface area contributed by atoms with Gasteiger partial charge in [0, 0.05) is 17.6 Å². The summed E-state index contributed by atoms with van der Waals surface area (Å²) in [5.74, 6) is 1.04. The van der Waals surface area contributed by atoms with E-state index in [1.807, 2.05) is 42.5 Å². The van der Waals surface area contributed by atoms with E-state index in [2.05, 4.69) is 10.0 Å². The number of halogens is 1. The van der Waals surface area contributed by atoms with Gasteiger partial charge in [-0.1, -0.05) is 35.9 Å². The lowest BCUT2D eigenvalue weighted by molar-refractivity contribution is 0.167. The molecule has 8 nitrogen and oxygen atoms in total. The Hall–Kier alpha value is -2.98. The second-order valence-electron chi connectivity index (χ2n) is 8.49. The average Bonchev–Trinajstić information content (AvgIpc) is 2.83. The molecule has 3 aromatic rings. The van der Waals surface area contributed by atoms with Gasteiger partial charge in [0.15, 0.2) is 11.5 Å². The topological polar surface area (TPSA) is 117 Å². The number of methoxy groups -OCH3 is 2. The SMILES string of the molecule is COc1ccc([C@@H](Cc2ccc(Cl)cc2)NC[C@@H](O)Cc2ccc(O)c(NS(C)(=O)=O)c2)cc1OC. The first-order valence-electron chi connectivity index (χ1n) is 11.3. The molecular weight excluding hydrogens is 504 g/mol. The van der Waals surface area contributed by atoms with Gasteiger partial charge in [0.25, 0.3) is 0 Å². The normalized spacial score (nSPS) is 13.1. The highest BCUT2D eigenvalue weighted by Gasteiger charge is 2.18. The Labute approximate surface area is 216 Å². The molecule has 194 valence electrons. The van der Waals surface area contributed by atoms with Crippen molar-refractivity contribution >= 4 is 27.3 Å². The molecule has 10 heteroatoms. The third kappa shape index (κ3) is 8.03. The van der Waals surface area contributed by atoms with Gasteiger partial charge >= 0.3 is 0 Å². The average molecular weight is 535 g/mol. The highest BCUT2D eigenvalue weighted by Crippen LogP contribution is 2.31. The van der Waals surface area contributed by atoms with Crippen LogP contribution in [0.1, 0.15) is 22.7 Å². The zero-order valence-electron chi connectivity index (χ0n) is 20.4. The summed E-state index contributed by atoms with van der Waals surface area (Å²) in [6, 6.07) is 17.7. The van der Waals surface area contributed by atoms with Crippen molar-refractivity contribution in [3.63, 3.8) is 0 Å². The number of benzene rings is 3. The Balaban J connectivity index is 1.76. The molecule has 0 amide bonds. The third-order valence-electron chi connectivity index (χ3n) is 5.59. The van der Waals surface area contributed by atoms with Crippen molar-refractivity contribution in [3.05, 3.63) is 82.4 Å². The van der Waals surface area contributed by atoms with Crippen LogP contribution in [-0.2, 0) is 22.9 Å². The zero-order valence-corrected chi connectivity index (χ0v) is 21.9. The molecule has 0 aliphatic heterocycles. The number of nitrogens with one attached hydrogen (secondary N) is 2.